The minimum absolute atomic E-state index is 0.127. The molecule has 0 radical (unpaired) electrons. The Bertz CT molecular complexity index is 568. The average Bonchev–Trinajstić information content (AvgIpc) is 2.80. The molecule has 1 aromatic rings. The summed E-state index contributed by atoms with van der Waals surface area (Å²) >= 11 is 7.28. The number of hydrogen-bond acceptors (Lipinski definition) is 3. The molecule has 2 rings (SSSR count). The van der Waals surface area contributed by atoms with Crippen LogP contribution in [0.15, 0.2) is 11.0 Å². The van der Waals surface area contributed by atoms with E-state index >= 15 is 0 Å². The molecule has 0 aliphatic heterocycles. The Morgan fingerprint density at radius 2 is 2.15 bits per heavy atom. The summed E-state index contributed by atoms with van der Waals surface area (Å²) in [7, 11) is -1.68. The highest BCUT2D eigenvalue weighted by Crippen LogP contribution is 2.33. The van der Waals surface area contributed by atoms with Gasteiger partial charge in [0.1, 0.15) is 0 Å². The number of alkyl halides is 1. The lowest BCUT2D eigenvalue weighted by atomic mass is 9.87. The summed E-state index contributed by atoms with van der Waals surface area (Å²) in [6, 6.07) is 1.85. The van der Waals surface area contributed by atoms with Crippen molar-refractivity contribution in [2.75, 3.05) is 7.05 Å². The first-order chi connectivity index (χ1) is 9.36. The monoisotopic (exact) mass is 335 g/mol. The third-order valence-electron chi connectivity index (χ3n) is 4.13. The zero-order valence-electron chi connectivity index (χ0n) is 12.2. The van der Waals surface area contributed by atoms with Crippen molar-refractivity contribution in [3.05, 3.63) is 15.8 Å². The number of thiophene rings is 1. The lowest BCUT2D eigenvalue weighted by Gasteiger charge is -2.33. The first kappa shape index (κ1) is 16.3. The fourth-order valence-electron chi connectivity index (χ4n) is 2.93. The molecule has 0 aromatic carbocycles. The third-order valence-corrected chi connectivity index (χ3v) is 7.80. The van der Waals surface area contributed by atoms with Gasteiger partial charge in [-0.2, -0.15) is 4.31 Å². The van der Waals surface area contributed by atoms with Crippen LogP contribution in [-0.2, 0) is 15.9 Å². The number of halogens is 1. The van der Waals surface area contributed by atoms with Crippen LogP contribution in [0.2, 0.25) is 0 Å². The van der Waals surface area contributed by atoms with Gasteiger partial charge in [-0.25, -0.2) is 8.42 Å². The van der Waals surface area contributed by atoms with E-state index in [1.54, 1.807) is 17.4 Å². The zero-order chi connectivity index (χ0) is 14.9. The molecular weight excluding hydrogens is 314 g/mol. The minimum Gasteiger partial charge on any atom is -0.207 e. The first-order valence-electron chi connectivity index (χ1n) is 6.99. The molecule has 20 heavy (non-hydrogen) atoms. The Morgan fingerprint density at radius 1 is 1.45 bits per heavy atom. The van der Waals surface area contributed by atoms with E-state index in [2.05, 4.69) is 6.92 Å². The molecule has 1 aliphatic carbocycles. The van der Waals surface area contributed by atoms with Crippen molar-refractivity contribution in [3.8, 4) is 0 Å². The topological polar surface area (TPSA) is 37.4 Å². The standard InChI is InChI=1S/C14H22ClNO2S2/c1-10-5-4-6-12(7-10)16(3)20(17,18)14-8-13(9-15)19-11(14)2/h8,10,12H,4-7,9H2,1-3H3. The zero-order valence-corrected chi connectivity index (χ0v) is 14.6. The smallest absolute Gasteiger partial charge is 0.207 e. The molecule has 1 aromatic heterocycles. The van der Waals surface area contributed by atoms with Gasteiger partial charge in [0.05, 0.1) is 10.8 Å². The summed E-state index contributed by atoms with van der Waals surface area (Å²) in [5.41, 5.74) is 0. The molecule has 0 spiro atoms. The Balaban J connectivity index is 2.26. The second-order valence-electron chi connectivity index (χ2n) is 5.71. The number of hydrogen-bond donors (Lipinski definition) is 0. The van der Waals surface area contributed by atoms with Gasteiger partial charge in [0.15, 0.2) is 0 Å². The van der Waals surface area contributed by atoms with E-state index in [-0.39, 0.29) is 6.04 Å². The van der Waals surface area contributed by atoms with Gasteiger partial charge in [0, 0.05) is 22.8 Å². The van der Waals surface area contributed by atoms with E-state index in [1.807, 2.05) is 6.92 Å². The van der Waals surface area contributed by atoms with Crippen LogP contribution < -0.4 is 0 Å². The molecular formula is C14H22ClNO2S2. The van der Waals surface area contributed by atoms with E-state index in [1.165, 1.54) is 17.8 Å². The van der Waals surface area contributed by atoms with Crippen molar-refractivity contribution in [2.24, 2.45) is 5.92 Å². The van der Waals surface area contributed by atoms with Gasteiger partial charge >= 0.3 is 0 Å². The highest BCUT2D eigenvalue weighted by atomic mass is 35.5. The van der Waals surface area contributed by atoms with Crippen molar-refractivity contribution >= 4 is 33.0 Å². The van der Waals surface area contributed by atoms with Crippen LogP contribution in [-0.4, -0.2) is 25.8 Å². The summed E-state index contributed by atoms with van der Waals surface area (Å²) in [6.45, 7) is 4.05. The second kappa shape index (κ2) is 6.34. The molecule has 1 saturated carbocycles. The molecule has 0 N–H and O–H groups in total. The quantitative estimate of drug-likeness (QED) is 0.780. The van der Waals surface area contributed by atoms with E-state index in [9.17, 15) is 8.42 Å². The van der Waals surface area contributed by atoms with Gasteiger partial charge in [0.2, 0.25) is 10.0 Å². The molecule has 6 heteroatoms. The molecule has 114 valence electrons. The second-order valence-corrected chi connectivity index (χ2v) is 9.29. The van der Waals surface area contributed by atoms with Gasteiger partial charge in [-0.15, -0.1) is 22.9 Å². The minimum atomic E-state index is -3.40. The van der Waals surface area contributed by atoms with Crippen molar-refractivity contribution in [1.82, 2.24) is 4.31 Å². The van der Waals surface area contributed by atoms with Crippen molar-refractivity contribution in [2.45, 2.75) is 56.3 Å². The van der Waals surface area contributed by atoms with Crippen molar-refractivity contribution in [1.29, 1.82) is 0 Å². The van der Waals surface area contributed by atoms with Crippen LogP contribution in [0.3, 0.4) is 0 Å². The maximum Gasteiger partial charge on any atom is 0.244 e. The first-order valence-corrected chi connectivity index (χ1v) is 9.78. The molecule has 1 aliphatic rings. The molecule has 1 fully saturated rings. The lowest BCUT2D eigenvalue weighted by molar-refractivity contribution is 0.239. The fourth-order valence-corrected chi connectivity index (χ4v) is 6.02. The van der Waals surface area contributed by atoms with Gasteiger partial charge in [-0.05, 0) is 31.7 Å². The summed E-state index contributed by atoms with van der Waals surface area (Å²) in [4.78, 5) is 2.17. The van der Waals surface area contributed by atoms with Gasteiger partial charge in [-0.1, -0.05) is 19.8 Å². The molecule has 2 atom stereocenters. The van der Waals surface area contributed by atoms with Gasteiger partial charge in [0.25, 0.3) is 0 Å². The van der Waals surface area contributed by atoms with Gasteiger partial charge < -0.3 is 0 Å². The van der Waals surface area contributed by atoms with Crippen LogP contribution >= 0.6 is 22.9 Å². The van der Waals surface area contributed by atoms with Crippen molar-refractivity contribution < 1.29 is 8.42 Å². The van der Waals surface area contributed by atoms with Crippen LogP contribution in [0.25, 0.3) is 0 Å². The third kappa shape index (κ3) is 3.21. The Labute approximate surface area is 131 Å². The lowest BCUT2D eigenvalue weighted by Crippen LogP contribution is -2.39. The maximum absolute atomic E-state index is 12.8. The van der Waals surface area contributed by atoms with E-state index < -0.39 is 10.0 Å². The van der Waals surface area contributed by atoms with Crippen LogP contribution in [0.5, 0.6) is 0 Å². The molecule has 2 unspecified atom stereocenters. The van der Waals surface area contributed by atoms with Crippen molar-refractivity contribution in [3.63, 3.8) is 0 Å². The average molecular weight is 336 g/mol. The van der Waals surface area contributed by atoms with Crippen LogP contribution in [0.4, 0.5) is 0 Å². The molecule has 0 amide bonds. The van der Waals surface area contributed by atoms with E-state index in [0.29, 0.717) is 16.7 Å². The molecule has 0 bridgehead atoms. The summed E-state index contributed by atoms with van der Waals surface area (Å²) in [5, 5.41) is 0. The maximum atomic E-state index is 12.8. The largest absolute Gasteiger partial charge is 0.244 e. The summed E-state index contributed by atoms with van der Waals surface area (Å²) in [5.74, 6) is 0.971. The molecule has 0 saturated heterocycles. The number of rotatable bonds is 4. The SMILES string of the molecule is Cc1sc(CCl)cc1S(=O)(=O)N(C)C1CCCC(C)C1. The van der Waals surface area contributed by atoms with Gasteiger partial charge in [-0.3, -0.25) is 0 Å². The highest BCUT2D eigenvalue weighted by molar-refractivity contribution is 7.89. The Hall–Kier alpha value is -0.100. The number of aryl methyl sites for hydroxylation is 1. The number of sulfonamides is 1. The summed E-state index contributed by atoms with van der Waals surface area (Å²) in [6.07, 6.45) is 4.24. The Morgan fingerprint density at radius 3 is 2.70 bits per heavy atom. The highest BCUT2D eigenvalue weighted by Gasteiger charge is 2.32. The predicted molar refractivity (Wildman–Crippen MR) is 85.0 cm³/mol. The number of nitrogens with zero attached hydrogens (tertiary/aromatic N) is 1. The van der Waals surface area contributed by atoms with E-state index in [4.69, 9.17) is 11.6 Å². The molecule has 1 heterocycles. The van der Waals surface area contributed by atoms with Crippen LogP contribution in [0.1, 0.15) is 42.4 Å². The predicted octanol–water partition coefficient (Wildman–Crippen LogP) is 3.99. The fraction of sp³-hybridized carbons (Fsp3) is 0.714. The normalized spacial score (nSPS) is 24.2. The summed E-state index contributed by atoms with van der Waals surface area (Å²) < 4.78 is 27.1. The van der Waals surface area contributed by atoms with E-state index in [0.717, 1.165) is 29.0 Å². The molecule has 3 nitrogen and oxygen atoms in total. The van der Waals surface area contributed by atoms with Crippen LogP contribution in [0, 0.1) is 12.8 Å². The Kier molecular flexibility index (Phi) is 5.16.